The van der Waals surface area contributed by atoms with Crippen LogP contribution in [0, 0.1) is 5.92 Å². The van der Waals surface area contributed by atoms with Gasteiger partial charge in [-0.2, -0.15) is 0 Å². The third-order valence-corrected chi connectivity index (χ3v) is 3.23. The molecule has 1 atom stereocenters. The Hall–Kier alpha value is -0.650. The minimum absolute atomic E-state index is 0.0391. The highest BCUT2D eigenvalue weighted by Crippen LogP contribution is 2.17. The second-order valence-electron chi connectivity index (χ2n) is 4.62. The lowest BCUT2D eigenvalue weighted by Crippen LogP contribution is -2.40. The van der Waals surface area contributed by atoms with E-state index in [0.717, 1.165) is 58.7 Å². The molecule has 106 valence electrons. The average Bonchev–Trinajstić information content (AvgIpc) is 2.42. The van der Waals surface area contributed by atoms with Crippen molar-refractivity contribution >= 4 is 5.97 Å². The fourth-order valence-electron chi connectivity index (χ4n) is 2.22. The summed E-state index contributed by atoms with van der Waals surface area (Å²) in [4.78, 5) is 13.7. The molecule has 1 heterocycles. The molecule has 0 aromatic carbocycles. The molecule has 0 saturated carbocycles. The first-order valence-corrected chi connectivity index (χ1v) is 6.64. The van der Waals surface area contributed by atoms with Crippen molar-refractivity contribution in [3.8, 4) is 0 Å². The molecule has 0 spiro atoms. The van der Waals surface area contributed by atoms with Crippen molar-refractivity contribution in [1.29, 1.82) is 0 Å². The second-order valence-corrected chi connectivity index (χ2v) is 4.62. The molecule has 5 heteroatoms. The van der Waals surface area contributed by atoms with Crippen molar-refractivity contribution in [2.75, 3.05) is 53.7 Å². The number of likely N-dealkylation sites (tertiary alicyclic amines) is 1. The summed E-state index contributed by atoms with van der Waals surface area (Å²) >= 11 is 0. The third kappa shape index (κ3) is 5.80. The van der Waals surface area contributed by atoms with Crippen LogP contribution in [0.5, 0.6) is 0 Å². The van der Waals surface area contributed by atoms with Gasteiger partial charge in [-0.1, -0.05) is 0 Å². The summed E-state index contributed by atoms with van der Waals surface area (Å²) in [5, 5.41) is 0. The number of hydrogen-bond donors (Lipinski definition) is 0. The van der Waals surface area contributed by atoms with Crippen LogP contribution in [0.4, 0.5) is 0 Å². The number of ether oxygens (including phenoxy) is 3. The van der Waals surface area contributed by atoms with Crippen molar-refractivity contribution in [2.24, 2.45) is 5.92 Å². The highest BCUT2D eigenvalue weighted by Gasteiger charge is 2.25. The maximum Gasteiger partial charge on any atom is 0.309 e. The first-order valence-electron chi connectivity index (χ1n) is 6.64. The number of hydrogen-bond acceptors (Lipinski definition) is 5. The molecule has 18 heavy (non-hydrogen) atoms. The monoisotopic (exact) mass is 259 g/mol. The Kier molecular flexibility index (Phi) is 7.96. The Morgan fingerprint density at radius 1 is 1.28 bits per heavy atom. The maximum atomic E-state index is 11.5. The van der Waals surface area contributed by atoms with Gasteiger partial charge in [-0.3, -0.25) is 4.79 Å². The fraction of sp³-hybridized carbons (Fsp3) is 0.923. The number of methoxy groups -OCH3 is 2. The van der Waals surface area contributed by atoms with Crippen LogP contribution in [0.25, 0.3) is 0 Å². The van der Waals surface area contributed by atoms with E-state index in [1.807, 2.05) is 0 Å². The molecule has 0 amide bonds. The van der Waals surface area contributed by atoms with Crippen LogP contribution < -0.4 is 0 Å². The Balaban J connectivity index is 2.09. The minimum atomic E-state index is -0.0827. The number of rotatable bonds is 8. The zero-order valence-corrected chi connectivity index (χ0v) is 11.5. The second kappa shape index (κ2) is 9.30. The number of esters is 1. The smallest absolute Gasteiger partial charge is 0.309 e. The Morgan fingerprint density at radius 2 is 2.11 bits per heavy atom. The van der Waals surface area contributed by atoms with E-state index in [-0.39, 0.29) is 11.9 Å². The zero-order valence-electron chi connectivity index (χ0n) is 11.5. The molecule has 0 radical (unpaired) electrons. The van der Waals surface area contributed by atoms with Crippen LogP contribution in [-0.4, -0.2) is 64.5 Å². The molecule has 5 nitrogen and oxygen atoms in total. The number of nitrogens with zero attached hydrogens (tertiary/aromatic N) is 1. The van der Waals surface area contributed by atoms with Gasteiger partial charge in [0, 0.05) is 33.4 Å². The van der Waals surface area contributed by atoms with Gasteiger partial charge >= 0.3 is 5.97 Å². The largest absolute Gasteiger partial charge is 0.469 e. The molecule has 0 bridgehead atoms. The van der Waals surface area contributed by atoms with Crippen molar-refractivity contribution in [3.63, 3.8) is 0 Å². The summed E-state index contributed by atoms with van der Waals surface area (Å²) in [7, 11) is 3.15. The van der Waals surface area contributed by atoms with E-state index in [9.17, 15) is 4.79 Å². The standard InChI is InChI=1S/C13H25NO4/c1-16-8-4-9-18-10-7-14-6-3-5-12(11-14)13(15)17-2/h12H,3-11H2,1-2H3. The van der Waals surface area contributed by atoms with E-state index in [0.29, 0.717) is 0 Å². The first kappa shape index (κ1) is 15.4. The van der Waals surface area contributed by atoms with Crippen LogP contribution >= 0.6 is 0 Å². The molecule has 1 aliphatic heterocycles. The van der Waals surface area contributed by atoms with Gasteiger partial charge in [0.1, 0.15) is 0 Å². The molecule has 0 aromatic heterocycles. The quantitative estimate of drug-likeness (QED) is 0.479. The lowest BCUT2D eigenvalue weighted by Gasteiger charge is -2.31. The first-order chi connectivity index (χ1) is 8.77. The highest BCUT2D eigenvalue weighted by atomic mass is 16.5. The van der Waals surface area contributed by atoms with Gasteiger partial charge in [0.25, 0.3) is 0 Å². The molecule has 0 aromatic rings. The molecule has 0 aliphatic carbocycles. The highest BCUT2D eigenvalue weighted by molar-refractivity contribution is 5.72. The number of carbonyl (C=O) groups excluding carboxylic acids is 1. The van der Waals surface area contributed by atoms with E-state index in [4.69, 9.17) is 14.2 Å². The normalized spacial score (nSPS) is 20.9. The molecular formula is C13H25NO4. The molecule has 1 rings (SSSR count). The summed E-state index contributed by atoms with van der Waals surface area (Å²) in [6.07, 6.45) is 2.93. The zero-order chi connectivity index (χ0) is 13.2. The fourth-order valence-corrected chi connectivity index (χ4v) is 2.22. The Morgan fingerprint density at radius 3 is 2.83 bits per heavy atom. The summed E-state index contributed by atoms with van der Waals surface area (Å²) in [5.74, 6) is -0.0436. The average molecular weight is 259 g/mol. The van der Waals surface area contributed by atoms with Crippen molar-refractivity contribution in [2.45, 2.75) is 19.3 Å². The van der Waals surface area contributed by atoms with Crippen molar-refractivity contribution in [1.82, 2.24) is 4.90 Å². The lowest BCUT2D eigenvalue weighted by atomic mass is 9.98. The summed E-state index contributed by atoms with van der Waals surface area (Å²) in [6.45, 7) is 4.94. The van der Waals surface area contributed by atoms with Gasteiger partial charge in [-0.05, 0) is 25.8 Å². The number of carbonyl (C=O) groups is 1. The summed E-state index contributed by atoms with van der Waals surface area (Å²) in [5.41, 5.74) is 0. The van der Waals surface area contributed by atoms with E-state index in [1.54, 1.807) is 7.11 Å². The van der Waals surface area contributed by atoms with E-state index < -0.39 is 0 Å². The van der Waals surface area contributed by atoms with Gasteiger partial charge in [0.15, 0.2) is 0 Å². The number of piperidine rings is 1. The van der Waals surface area contributed by atoms with Gasteiger partial charge in [-0.25, -0.2) is 0 Å². The van der Waals surface area contributed by atoms with E-state index in [1.165, 1.54) is 7.11 Å². The van der Waals surface area contributed by atoms with Gasteiger partial charge in [0.2, 0.25) is 0 Å². The molecule has 1 aliphatic rings. The third-order valence-electron chi connectivity index (χ3n) is 3.23. The Labute approximate surface area is 109 Å². The van der Waals surface area contributed by atoms with E-state index in [2.05, 4.69) is 4.90 Å². The Bertz CT molecular complexity index is 235. The van der Waals surface area contributed by atoms with Gasteiger partial charge in [0.05, 0.1) is 19.6 Å². The van der Waals surface area contributed by atoms with Gasteiger partial charge in [-0.15, -0.1) is 0 Å². The van der Waals surface area contributed by atoms with E-state index >= 15 is 0 Å². The van der Waals surface area contributed by atoms with Gasteiger partial charge < -0.3 is 19.1 Å². The molecule has 1 fully saturated rings. The predicted octanol–water partition coefficient (Wildman–Crippen LogP) is 0.925. The summed E-state index contributed by atoms with van der Waals surface area (Å²) in [6, 6.07) is 0. The molecule has 1 saturated heterocycles. The van der Waals surface area contributed by atoms with Crippen LogP contribution in [-0.2, 0) is 19.0 Å². The van der Waals surface area contributed by atoms with Crippen LogP contribution in [0.2, 0.25) is 0 Å². The predicted molar refractivity (Wildman–Crippen MR) is 68.5 cm³/mol. The minimum Gasteiger partial charge on any atom is -0.469 e. The van der Waals surface area contributed by atoms with Crippen molar-refractivity contribution < 1.29 is 19.0 Å². The van der Waals surface area contributed by atoms with Crippen LogP contribution in [0.15, 0.2) is 0 Å². The van der Waals surface area contributed by atoms with Crippen LogP contribution in [0.3, 0.4) is 0 Å². The van der Waals surface area contributed by atoms with Crippen molar-refractivity contribution in [3.05, 3.63) is 0 Å². The maximum absolute atomic E-state index is 11.5. The SMILES string of the molecule is COCCCOCCN1CCCC(C(=O)OC)C1. The molecule has 1 unspecified atom stereocenters. The lowest BCUT2D eigenvalue weighted by molar-refractivity contribution is -0.147. The molecular weight excluding hydrogens is 234 g/mol. The van der Waals surface area contributed by atoms with Crippen LogP contribution in [0.1, 0.15) is 19.3 Å². The topological polar surface area (TPSA) is 48.0 Å². The summed E-state index contributed by atoms with van der Waals surface area (Å²) < 4.78 is 15.3. The molecule has 0 N–H and O–H groups in total.